The Hall–Kier alpha value is -0.780. The first-order valence-corrected chi connectivity index (χ1v) is 8.83. The molecule has 1 unspecified atom stereocenters. The molecule has 20 heavy (non-hydrogen) atoms. The van der Waals surface area contributed by atoms with Crippen LogP contribution >= 0.6 is 11.6 Å². The van der Waals surface area contributed by atoms with Gasteiger partial charge in [0, 0.05) is 11.7 Å². The van der Waals surface area contributed by atoms with E-state index in [9.17, 15) is 8.42 Å². The van der Waals surface area contributed by atoms with Crippen LogP contribution in [0.2, 0.25) is 5.02 Å². The van der Waals surface area contributed by atoms with Gasteiger partial charge in [0.2, 0.25) is 10.0 Å². The number of hydrogen-bond donors (Lipinski definition) is 2. The fourth-order valence-corrected chi connectivity index (χ4v) is 4.64. The highest BCUT2D eigenvalue weighted by atomic mass is 35.5. The average molecular weight is 317 g/mol. The first-order chi connectivity index (χ1) is 9.40. The van der Waals surface area contributed by atoms with Crippen molar-refractivity contribution in [1.29, 1.82) is 0 Å². The summed E-state index contributed by atoms with van der Waals surface area (Å²) in [5, 5.41) is 0.161. The third kappa shape index (κ3) is 3.65. The van der Waals surface area contributed by atoms with Crippen LogP contribution in [-0.4, -0.2) is 14.5 Å². The molecular weight excluding hydrogens is 296 g/mol. The fourth-order valence-electron chi connectivity index (χ4n) is 2.77. The first kappa shape index (κ1) is 15.6. The van der Waals surface area contributed by atoms with Gasteiger partial charge in [-0.25, -0.2) is 13.1 Å². The van der Waals surface area contributed by atoms with Gasteiger partial charge in [-0.05, 0) is 43.9 Å². The van der Waals surface area contributed by atoms with Crippen LogP contribution in [0.1, 0.15) is 39.0 Å². The molecule has 0 bridgehead atoms. The largest absolute Gasteiger partial charge is 0.399 e. The summed E-state index contributed by atoms with van der Waals surface area (Å²) in [7, 11) is -3.59. The monoisotopic (exact) mass is 316 g/mol. The lowest BCUT2D eigenvalue weighted by molar-refractivity contribution is 0.303. The second-order valence-corrected chi connectivity index (χ2v) is 7.59. The van der Waals surface area contributed by atoms with Gasteiger partial charge in [-0.2, -0.15) is 0 Å². The molecule has 1 aliphatic carbocycles. The number of halogens is 1. The molecule has 0 aliphatic heterocycles. The number of nitrogens with one attached hydrogen (secondary N) is 1. The molecule has 0 radical (unpaired) electrons. The Morgan fingerprint density at radius 2 is 1.95 bits per heavy atom. The summed E-state index contributed by atoms with van der Waals surface area (Å²) in [6.07, 6.45) is 5.77. The van der Waals surface area contributed by atoms with Crippen molar-refractivity contribution in [3.8, 4) is 0 Å². The molecule has 0 heterocycles. The zero-order valence-electron chi connectivity index (χ0n) is 11.6. The molecule has 1 aromatic carbocycles. The zero-order chi connectivity index (χ0) is 14.8. The summed E-state index contributed by atoms with van der Waals surface area (Å²) in [6.45, 7) is 1.93. The van der Waals surface area contributed by atoms with Gasteiger partial charge >= 0.3 is 0 Å². The Balaban J connectivity index is 2.13. The highest BCUT2D eigenvalue weighted by Gasteiger charge is 2.26. The SMILES string of the molecule is CC(NS(=O)(=O)c1ccc(N)cc1Cl)C1CCCCC1. The number of anilines is 1. The second-order valence-electron chi connectivity index (χ2n) is 5.50. The van der Waals surface area contributed by atoms with Crippen LogP contribution < -0.4 is 10.5 Å². The van der Waals surface area contributed by atoms with Gasteiger partial charge in [-0.1, -0.05) is 30.9 Å². The quantitative estimate of drug-likeness (QED) is 0.838. The molecule has 3 N–H and O–H groups in total. The predicted molar refractivity (Wildman–Crippen MR) is 82.2 cm³/mol. The standard InChI is InChI=1S/C14H21ClN2O2S/c1-10(11-5-3-2-4-6-11)17-20(18,19)14-8-7-12(16)9-13(14)15/h7-11,17H,2-6,16H2,1H3. The van der Waals surface area contributed by atoms with Crippen molar-refractivity contribution in [2.75, 3.05) is 5.73 Å². The molecule has 0 spiro atoms. The summed E-state index contributed by atoms with van der Waals surface area (Å²) < 4.78 is 27.5. The van der Waals surface area contributed by atoms with Crippen molar-refractivity contribution >= 4 is 27.3 Å². The number of sulfonamides is 1. The summed E-state index contributed by atoms with van der Waals surface area (Å²) in [6, 6.07) is 4.38. The van der Waals surface area contributed by atoms with E-state index in [1.54, 1.807) is 6.07 Å². The Labute approximate surface area is 125 Å². The van der Waals surface area contributed by atoms with Crippen molar-refractivity contribution in [2.45, 2.75) is 50.0 Å². The Kier molecular flexibility index (Phi) is 4.94. The molecule has 0 amide bonds. The number of hydrogen-bond acceptors (Lipinski definition) is 3. The smallest absolute Gasteiger partial charge is 0.242 e. The number of nitrogens with two attached hydrogens (primary N) is 1. The molecule has 1 aromatic rings. The Bertz CT molecular complexity index is 569. The van der Waals surface area contributed by atoms with Gasteiger partial charge in [0.05, 0.1) is 5.02 Å². The zero-order valence-corrected chi connectivity index (χ0v) is 13.2. The van der Waals surface area contributed by atoms with Crippen LogP contribution in [-0.2, 0) is 10.0 Å². The first-order valence-electron chi connectivity index (χ1n) is 6.97. The van der Waals surface area contributed by atoms with Gasteiger partial charge in [-0.15, -0.1) is 0 Å². The van der Waals surface area contributed by atoms with E-state index in [4.69, 9.17) is 17.3 Å². The third-order valence-corrected chi connectivity index (χ3v) is 5.99. The maximum Gasteiger partial charge on any atom is 0.242 e. The Morgan fingerprint density at radius 3 is 2.55 bits per heavy atom. The minimum atomic E-state index is -3.59. The lowest BCUT2D eigenvalue weighted by Gasteiger charge is -2.28. The third-order valence-electron chi connectivity index (χ3n) is 3.94. The van der Waals surface area contributed by atoms with Gasteiger partial charge < -0.3 is 5.73 Å². The molecule has 0 saturated heterocycles. The van der Waals surface area contributed by atoms with Crippen LogP contribution in [0, 0.1) is 5.92 Å². The van der Waals surface area contributed by atoms with Gasteiger partial charge in [0.25, 0.3) is 0 Å². The molecular formula is C14H21ClN2O2S. The highest BCUT2D eigenvalue weighted by Crippen LogP contribution is 2.28. The maximum atomic E-state index is 12.4. The van der Waals surface area contributed by atoms with Crippen molar-refractivity contribution in [3.63, 3.8) is 0 Å². The number of benzene rings is 1. The van der Waals surface area contributed by atoms with Crippen molar-refractivity contribution in [2.24, 2.45) is 5.92 Å². The van der Waals surface area contributed by atoms with Gasteiger partial charge in [0.1, 0.15) is 4.90 Å². The van der Waals surface area contributed by atoms with E-state index >= 15 is 0 Å². The molecule has 1 fully saturated rings. The summed E-state index contributed by atoms with van der Waals surface area (Å²) in [5.74, 6) is 0.408. The highest BCUT2D eigenvalue weighted by molar-refractivity contribution is 7.89. The van der Waals surface area contributed by atoms with Crippen LogP contribution in [0.3, 0.4) is 0 Å². The predicted octanol–water partition coefficient (Wildman–Crippen LogP) is 3.17. The minimum absolute atomic E-state index is 0.0751. The van der Waals surface area contributed by atoms with Crippen molar-refractivity contribution in [1.82, 2.24) is 4.72 Å². The van der Waals surface area contributed by atoms with Gasteiger partial charge in [-0.3, -0.25) is 0 Å². The fraction of sp³-hybridized carbons (Fsp3) is 0.571. The van der Waals surface area contributed by atoms with Crippen LogP contribution in [0.15, 0.2) is 23.1 Å². The van der Waals surface area contributed by atoms with Gasteiger partial charge in [0.15, 0.2) is 0 Å². The van der Waals surface area contributed by atoms with Crippen LogP contribution in [0.5, 0.6) is 0 Å². The van der Waals surface area contributed by atoms with E-state index in [0.29, 0.717) is 11.6 Å². The molecule has 1 atom stereocenters. The molecule has 1 saturated carbocycles. The summed E-state index contributed by atoms with van der Waals surface area (Å²) in [5.41, 5.74) is 6.04. The topological polar surface area (TPSA) is 72.2 Å². The minimum Gasteiger partial charge on any atom is -0.399 e. The van der Waals surface area contributed by atoms with E-state index in [-0.39, 0.29) is 16.0 Å². The summed E-state index contributed by atoms with van der Waals surface area (Å²) in [4.78, 5) is 0.0935. The Morgan fingerprint density at radius 1 is 1.30 bits per heavy atom. The lowest BCUT2D eigenvalue weighted by Crippen LogP contribution is -2.38. The summed E-state index contributed by atoms with van der Waals surface area (Å²) >= 11 is 5.98. The molecule has 6 heteroatoms. The van der Waals surface area contributed by atoms with Crippen LogP contribution in [0.4, 0.5) is 5.69 Å². The molecule has 2 rings (SSSR count). The van der Waals surface area contributed by atoms with E-state index in [1.807, 2.05) is 6.92 Å². The number of nitrogen functional groups attached to an aromatic ring is 1. The maximum absolute atomic E-state index is 12.4. The molecule has 112 valence electrons. The number of rotatable bonds is 4. The molecule has 0 aromatic heterocycles. The van der Waals surface area contributed by atoms with E-state index in [2.05, 4.69) is 4.72 Å². The lowest BCUT2D eigenvalue weighted by atomic mass is 9.85. The normalized spacial score (nSPS) is 18.9. The van der Waals surface area contributed by atoms with E-state index in [1.165, 1.54) is 31.4 Å². The van der Waals surface area contributed by atoms with Crippen molar-refractivity contribution in [3.05, 3.63) is 23.2 Å². The molecule has 1 aliphatic rings. The second kappa shape index (κ2) is 6.33. The van der Waals surface area contributed by atoms with Crippen LogP contribution in [0.25, 0.3) is 0 Å². The van der Waals surface area contributed by atoms with E-state index < -0.39 is 10.0 Å². The van der Waals surface area contributed by atoms with Crippen molar-refractivity contribution < 1.29 is 8.42 Å². The van der Waals surface area contributed by atoms with E-state index in [0.717, 1.165) is 12.8 Å². The average Bonchev–Trinajstić information content (AvgIpc) is 2.38. The molecule has 4 nitrogen and oxygen atoms in total.